The van der Waals surface area contributed by atoms with Gasteiger partial charge in [-0.3, -0.25) is 5.10 Å². The van der Waals surface area contributed by atoms with Gasteiger partial charge in [-0.25, -0.2) is 0 Å². The first-order valence-electron chi connectivity index (χ1n) is 5.73. The first-order valence-corrected chi connectivity index (χ1v) is 5.73. The Balaban J connectivity index is 2.42. The minimum atomic E-state index is 1.04. The summed E-state index contributed by atoms with van der Waals surface area (Å²) in [5.41, 5.74) is 11.2. The van der Waals surface area contributed by atoms with E-state index in [1.165, 1.54) is 44.6 Å². The Bertz CT molecular complexity index is 591. The first-order chi connectivity index (χ1) is 7.61. The largest absolute Gasteiger partial charge is 0.278 e. The number of nitrogens with zero attached hydrogens (tertiary/aromatic N) is 1. The molecule has 1 aromatic carbocycles. The molecule has 0 fully saturated rings. The fourth-order valence-electron chi connectivity index (χ4n) is 2.80. The summed E-state index contributed by atoms with van der Waals surface area (Å²) in [5, 5.41) is 7.28. The van der Waals surface area contributed by atoms with Gasteiger partial charge in [-0.2, -0.15) is 5.10 Å². The van der Waals surface area contributed by atoms with Gasteiger partial charge in [0, 0.05) is 17.5 Å². The van der Waals surface area contributed by atoms with Crippen molar-refractivity contribution >= 4 is 0 Å². The summed E-state index contributed by atoms with van der Waals surface area (Å²) in [7, 11) is 0. The third kappa shape index (κ3) is 0.993. The molecule has 1 aliphatic rings. The minimum Gasteiger partial charge on any atom is -0.278 e. The zero-order chi connectivity index (χ0) is 11.4. The minimum absolute atomic E-state index is 1.04. The normalized spacial score (nSPS) is 12.8. The molecule has 16 heavy (non-hydrogen) atoms. The maximum absolute atomic E-state index is 4.14. The van der Waals surface area contributed by atoms with E-state index in [9.17, 15) is 0 Å². The van der Waals surface area contributed by atoms with E-state index >= 15 is 0 Å². The Labute approximate surface area is 95.7 Å². The van der Waals surface area contributed by atoms with Crippen LogP contribution in [0.4, 0.5) is 0 Å². The second-order valence-electron chi connectivity index (χ2n) is 4.80. The van der Waals surface area contributed by atoms with E-state index < -0.39 is 0 Å². The standard InChI is InChI=1S/C14H16N2/c1-7-8(2)10(4)13-12(9(7)3)5-11-6-15-16-14(11)13/h6H,5H2,1-4H3,(H,15,16). The molecule has 1 heterocycles. The van der Waals surface area contributed by atoms with Crippen molar-refractivity contribution in [2.24, 2.45) is 0 Å². The third-order valence-electron chi connectivity index (χ3n) is 4.15. The molecule has 82 valence electrons. The zero-order valence-corrected chi connectivity index (χ0v) is 10.2. The summed E-state index contributed by atoms with van der Waals surface area (Å²) in [6.07, 6.45) is 2.99. The van der Waals surface area contributed by atoms with Crippen LogP contribution < -0.4 is 0 Å². The van der Waals surface area contributed by atoms with Gasteiger partial charge in [0.2, 0.25) is 0 Å². The summed E-state index contributed by atoms with van der Waals surface area (Å²) in [6, 6.07) is 0. The number of fused-ring (bicyclic) bond motifs is 3. The topological polar surface area (TPSA) is 28.7 Å². The predicted molar refractivity (Wildman–Crippen MR) is 65.8 cm³/mol. The zero-order valence-electron chi connectivity index (χ0n) is 10.2. The molecule has 0 saturated carbocycles. The molecule has 0 unspecified atom stereocenters. The molecule has 2 heteroatoms. The molecule has 2 aromatic rings. The Morgan fingerprint density at radius 3 is 2.44 bits per heavy atom. The van der Waals surface area contributed by atoms with Crippen molar-refractivity contribution in [1.82, 2.24) is 10.2 Å². The highest BCUT2D eigenvalue weighted by Crippen LogP contribution is 2.41. The average Bonchev–Trinajstić information content (AvgIpc) is 2.82. The van der Waals surface area contributed by atoms with Crippen molar-refractivity contribution in [3.05, 3.63) is 39.6 Å². The van der Waals surface area contributed by atoms with Crippen molar-refractivity contribution < 1.29 is 0 Å². The Morgan fingerprint density at radius 2 is 1.69 bits per heavy atom. The van der Waals surface area contributed by atoms with Crippen LogP contribution in [0.5, 0.6) is 0 Å². The predicted octanol–water partition coefficient (Wildman–Crippen LogP) is 3.21. The molecular weight excluding hydrogens is 196 g/mol. The molecule has 2 nitrogen and oxygen atoms in total. The van der Waals surface area contributed by atoms with Crippen LogP contribution in [0.3, 0.4) is 0 Å². The van der Waals surface area contributed by atoms with Gasteiger partial charge in [0.1, 0.15) is 0 Å². The van der Waals surface area contributed by atoms with E-state index in [0.29, 0.717) is 0 Å². The van der Waals surface area contributed by atoms with Gasteiger partial charge in [0.15, 0.2) is 0 Å². The lowest BCUT2D eigenvalue weighted by molar-refractivity contribution is 1.07. The van der Waals surface area contributed by atoms with Crippen LogP contribution in [0, 0.1) is 27.7 Å². The number of nitrogens with one attached hydrogen (secondary N) is 1. The van der Waals surface area contributed by atoms with Gasteiger partial charge in [-0.15, -0.1) is 0 Å². The first kappa shape index (κ1) is 9.64. The summed E-state index contributed by atoms with van der Waals surface area (Å²) >= 11 is 0. The van der Waals surface area contributed by atoms with E-state index in [1.807, 2.05) is 6.20 Å². The second-order valence-corrected chi connectivity index (χ2v) is 4.80. The summed E-state index contributed by atoms with van der Waals surface area (Å²) < 4.78 is 0. The number of hydrogen-bond acceptors (Lipinski definition) is 1. The monoisotopic (exact) mass is 212 g/mol. The lowest BCUT2D eigenvalue weighted by Gasteiger charge is -2.15. The lowest BCUT2D eigenvalue weighted by atomic mass is 9.90. The summed E-state index contributed by atoms with van der Waals surface area (Å²) in [4.78, 5) is 0. The number of rotatable bonds is 0. The fraction of sp³-hybridized carbons (Fsp3) is 0.357. The van der Waals surface area contributed by atoms with Crippen LogP contribution >= 0.6 is 0 Å². The Kier molecular flexibility index (Phi) is 1.79. The van der Waals surface area contributed by atoms with Crippen LogP contribution in [0.25, 0.3) is 11.3 Å². The van der Waals surface area contributed by atoms with Crippen LogP contribution in [0.15, 0.2) is 6.20 Å². The van der Waals surface area contributed by atoms with Crippen molar-refractivity contribution in [2.45, 2.75) is 34.1 Å². The number of benzene rings is 1. The molecule has 0 bridgehead atoms. The molecule has 0 amide bonds. The van der Waals surface area contributed by atoms with E-state index in [1.54, 1.807) is 0 Å². The van der Waals surface area contributed by atoms with Crippen LogP contribution in [-0.2, 0) is 6.42 Å². The summed E-state index contributed by atoms with van der Waals surface area (Å²) in [6.45, 7) is 8.89. The Hall–Kier alpha value is -1.57. The number of aromatic nitrogens is 2. The van der Waals surface area contributed by atoms with Crippen LogP contribution in [-0.4, -0.2) is 10.2 Å². The lowest BCUT2D eigenvalue weighted by Crippen LogP contribution is -1.98. The number of hydrogen-bond donors (Lipinski definition) is 1. The molecule has 0 saturated heterocycles. The quantitative estimate of drug-likeness (QED) is 0.609. The maximum atomic E-state index is 4.14. The molecule has 0 aliphatic heterocycles. The van der Waals surface area contributed by atoms with E-state index in [-0.39, 0.29) is 0 Å². The van der Waals surface area contributed by atoms with Crippen molar-refractivity contribution in [1.29, 1.82) is 0 Å². The van der Waals surface area contributed by atoms with Crippen LogP contribution in [0.2, 0.25) is 0 Å². The molecule has 1 aliphatic carbocycles. The molecule has 1 aromatic heterocycles. The van der Waals surface area contributed by atoms with Gasteiger partial charge < -0.3 is 0 Å². The van der Waals surface area contributed by atoms with Crippen LogP contribution in [0.1, 0.15) is 33.4 Å². The SMILES string of the molecule is Cc1c(C)c(C)c2c(c1C)Cc1cn[nH]c1-2. The number of H-pyrrole nitrogens is 1. The van der Waals surface area contributed by atoms with E-state index in [0.717, 1.165) is 6.42 Å². The fourth-order valence-corrected chi connectivity index (χ4v) is 2.80. The molecule has 0 atom stereocenters. The number of aromatic amines is 1. The summed E-state index contributed by atoms with van der Waals surface area (Å²) in [5.74, 6) is 0. The van der Waals surface area contributed by atoms with Crippen molar-refractivity contribution in [3.63, 3.8) is 0 Å². The molecule has 3 rings (SSSR count). The highest BCUT2D eigenvalue weighted by Gasteiger charge is 2.25. The molecule has 0 spiro atoms. The van der Waals surface area contributed by atoms with Gasteiger partial charge in [0.05, 0.1) is 11.9 Å². The van der Waals surface area contributed by atoms with Gasteiger partial charge >= 0.3 is 0 Å². The highest BCUT2D eigenvalue weighted by molar-refractivity contribution is 5.79. The second kappa shape index (κ2) is 2.97. The van der Waals surface area contributed by atoms with E-state index in [2.05, 4.69) is 37.9 Å². The van der Waals surface area contributed by atoms with Crippen molar-refractivity contribution in [3.8, 4) is 11.3 Å². The highest BCUT2D eigenvalue weighted by atomic mass is 15.1. The Morgan fingerprint density at radius 1 is 1.00 bits per heavy atom. The smallest absolute Gasteiger partial charge is 0.0691 e. The average molecular weight is 212 g/mol. The van der Waals surface area contributed by atoms with Gasteiger partial charge in [0.25, 0.3) is 0 Å². The molecular formula is C14H16N2. The van der Waals surface area contributed by atoms with Gasteiger partial charge in [-0.1, -0.05) is 0 Å². The van der Waals surface area contributed by atoms with Crippen molar-refractivity contribution in [2.75, 3.05) is 0 Å². The molecule has 1 N–H and O–H groups in total. The van der Waals surface area contributed by atoms with Gasteiger partial charge in [-0.05, 0) is 55.5 Å². The molecule has 0 radical (unpaired) electrons. The third-order valence-corrected chi connectivity index (χ3v) is 4.15. The van der Waals surface area contributed by atoms with E-state index in [4.69, 9.17) is 0 Å². The maximum Gasteiger partial charge on any atom is 0.0691 e.